The monoisotopic (exact) mass is 305 g/mol. The highest BCUT2D eigenvalue weighted by atomic mass is 35.5. The first-order valence-corrected chi connectivity index (χ1v) is 7.24. The summed E-state index contributed by atoms with van der Waals surface area (Å²) in [5.74, 6) is 0. The fourth-order valence-corrected chi connectivity index (χ4v) is 2.90. The Morgan fingerprint density at radius 3 is 3.14 bits per heavy atom. The van der Waals surface area contributed by atoms with Gasteiger partial charge in [-0.1, -0.05) is 28.9 Å². The van der Waals surface area contributed by atoms with E-state index in [9.17, 15) is 4.79 Å². The lowest BCUT2D eigenvalue weighted by Gasteiger charge is -2.15. The molecule has 6 heteroatoms. The topological polar surface area (TPSA) is 67.2 Å². The molecule has 1 aromatic heterocycles. The van der Waals surface area contributed by atoms with Crippen LogP contribution in [0.4, 0.5) is 4.79 Å². The van der Waals surface area contributed by atoms with E-state index in [4.69, 9.17) is 16.1 Å². The van der Waals surface area contributed by atoms with Gasteiger partial charge in [-0.3, -0.25) is 0 Å². The Labute approximate surface area is 127 Å². The molecule has 2 aromatic rings. The first-order chi connectivity index (χ1) is 10.1. The van der Waals surface area contributed by atoms with E-state index in [0.29, 0.717) is 6.54 Å². The number of carbonyl (C=O) groups is 1. The first kappa shape index (κ1) is 13.9. The smallest absolute Gasteiger partial charge is 0.315 e. The van der Waals surface area contributed by atoms with E-state index in [1.165, 1.54) is 0 Å². The summed E-state index contributed by atoms with van der Waals surface area (Å²) < 4.78 is 4.83. The van der Waals surface area contributed by atoms with E-state index >= 15 is 0 Å². The Balaban J connectivity index is 1.60. The van der Waals surface area contributed by atoms with Gasteiger partial charge in [0.25, 0.3) is 0 Å². The number of halogens is 1. The maximum atomic E-state index is 12.0. The summed E-state index contributed by atoms with van der Waals surface area (Å²) in [5.41, 5.74) is 3.91. The molecule has 1 aliphatic carbocycles. The minimum absolute atomic E-state index is 0.0160. The molecule has 0 saturated heterocycles. The van der Waals surface area contributed by atoms with Crippen molar-refractivity contribution in [3.05, 3.63) is 51.9 Å². The number of aromatic nitrogens is 1. The SMILES string of the molecule is Cc1nocc1CNC(=O)N[C@H]1CCc2c(Cl)cccc21. The molecule has 1 heterocycles. The summed E-state index contributed by atoms with van der Waals surface area (Å²) in [4.78, 5) is 12.0. The van der Waals surface area contributed by atoms with Crippen molar-refractivity contribution in [3.63, 3.8) is 0 Å². The molecule has 0 bridgehead atoms. The number of hydrogen-bond acceptors (Lipinski definition) is 3. The molecule has 2 amide bonds. The van der Waals surface area contributed by atoms with Crippen LogP contribution in [0.5, 0.6) is 0 Å². The van der Waals surface area contributed by atoms with Crippen LogP contribution in [0.3, 0.4) is 0 Å². The molecular weight excluding hydrogens is 290 g/mol. The summed E-state index contributed by atoms with van der Waals surface area (Å²) in [5, 5.41) is 10.4. The van der Waals surface area contributed by atoms with Crippen molar-refractivity contribution in [2.45, 2.75) is 32.4 Å². The average molecular weight is 306 g/mol. The largest absolute Gasteiger partial charge is 0.364 e. The van der Waals surface area contributed by atoms with E-state index < -0.39 is 0 Å². The van der Waals surface area contributed by atoms with Gasteiger partial charge in [0.05, 0.1) is 11.7 Å². The van der Waals surface area contributed by atoms with Gasteiger partial charge in [0, 0.05) is 17.1 Å². The second-order valence-electron chi connectivity index (χ2n) is 5.15. The molecule has 0 spiro atoms. The van der Waals surface area contributed by atoms with E-state index in [1.54, 1.807) is 6.26 Å². The van der Waals surface area contributed by atoms with Gasteiger partial charge in [-0.2, -0.15) is 0 Å². The first-order valence-electron chi connectivity index (χ1n) is 6.86. The maximum Gasteiger partial charge on any atom is 0.315 e. The van der Waals surface area contributed by atoms with Gasteiger partial charge in [0.1, 0.15) is 6.26 Å². The fourth-order valence-electron chi connectivity index (χ4n) is 2.63. The zero-order valence-corrected chi connectivity index (χ0v) is 12.4. The van der Waals surface area contributed by atoms with Crippen LogP contribution in [0.2, 0.25) is 5.02 Å². The lowest BCUT2D eigenvalue weighted by molar-refractivity contribution is 0.236. The second-order valence-corrected chi connectivity index (χ2v) is 5.56. The third-order valence-electron chi connectivity index (χ3n) is 3.81. The van der Waals surface area contributed by atoms with E-state index in [-0.39, 0.29) is 12.1 Å². The lowest BCUT2D eigenvalue weighted by atomic mass is 10.1. The second kappa shape index (κ2) is 5.77. The molecule has 3 rings (SSSR count). The number of aryl methyl sites for hydroxylation is 1. The quantitative estimate of drug-likeness (QED) is 0.915. The highest BCUT2D eigenvalue weighted by Crippen LogP contribution is 2.35. The fraction of sp³-hybridized carbons (Fsp3) is 0.333. The summed E-state index contributed by atoms with van der Waals surface area (Å²) in [6, 6.07) is 5.64. The minimum Gasteiger partial charge on any atom is -0.364 e. The van der Waals surface area contributed by atoms with Gasteiger partial charge in [-0.25, -0.2) is 4.79 Å². The van der Waals surface area contributed by atoms with Crippen LogP contribution in [-0.4, -0.2) is 11.2 Å². The zero-order chi connectivity index (χ0) is 14.8. The number of hydrogen-bond donors (Lipinski definition) is 2. The molecule has 0 unspecified atom stereocenters. The number of urea groups is 1. The Morgan fingerprint density at radius 1 is 1.52 bits per heavy atom. The van der Waals surface area contributed by atoms with Crippen LogP contribution >= 0.6 is 11.6 Å². The van der Waals surface area contributed by atoms with Crippen LogP contribution in [0.15, 0.2) is 29.0 Å². The number of fused-ring (bicyclic) bond motifs is 1. The predicted octanol–water partition coefficient (Wildman–Crippen LogP) is 3.12. The standard InChI is InChI=1S/C15H16ClN3O2/c1-9-10(8-21-19-9)7-17-15(20)18-14-6-5-11-12(14)3-2-4-13(11)16/h2-4,8,14H,5-7H2,1H3,(H2,17,18,20)/t14-/m0/s1. The number of nitrogens with one attached hydrogen (secondary N) is 2. The van der Waals surface area contributed by atoms with Gasteiger partial charge in [0.15, 0.2) is 0 Å². The summed E-state index contributed by atoms with van der Waals surface area (Å²) in [6.07, 6.45) is 3.31. The number of amides is 2. The van der Waals surface area contributed by atoms with Crippen molar-refractivity contribution in [2.75, 3.05) is 0 Å². The van der Waals surface area contributed by atoms with Crippen molar-refractivity contribution in [1.82, 2.24) is 15.8 Å². The molecule has 0 fully saturated rings. The van der Waals surface area contributed by atoms with Crippen molar-refractivity contribution in [3.8, 4) is 0 Å². The molecule has 2 N–H and O–H groups in total. The van der Waals surface area contributed by atoms with Crippen molar-refractivity contribution < 1.29 is 9.32 Å². The third kappa shape index (κ3) is 2.88. The summed E-state index contributed by atoms with van der Waals surface area (Å²) in [7, 11) is 0. The van der Waals surface area contributed by atoms with Gasteiger partial charge >= 0.3 is 6.03 Å². The Hall–Kier alpha value is -2.01. The predicted molar refractivity (Wildman–Crippen MR) is 79.1 cm³/mol. The maximum absolute atomic E-state index is 12.0. The van der Waals surface area contributed by atoms with E-state index in [2.05, 4.69) is 15.8 Å². The molecule has 21 heavy (non-hydrogen) atoms. The van der Waals surface area contributed by atoms with Crippen molar-refractivity contribution >= 4 is 17.6 Å². The van der Waals surface area contributed by atoms with Gasteiger partial charge in [-0.05, 0) is 37.0 Å². The number of carbonyl (C=O) groups excluding carboxylic acids is 1. The molecule has 1 aliphatic rings. The summed E-state index contributed by atoms with van der Waals surface area (Å²) in [6.45, 7) is 2.24. The molecule has 0 radical (unpaired) electrons. The van der Waals surface area contributed by atoms with Crippen molar-refractivity contribution in [1.29, 1.82) is 0 Å². The third-order valence-corrected chi connectivity index (χ3v) is 4.16. The Bertz CT molecular complexity index is 669. The van der Waals surface area contributed by atoms with Crippen LogP contribution in [0.1, 0.15) is 34.8 Å². The van der Waals surface area contributed by atoms with Gasteiger partial charge < -0.3 is 15.2 Å². The Kier molecular flexibility index (Phi) is 3.84. The van der Waals surface area contributed by atoms with Crippen LogP contribution in [0.25, 0.3) is 0 Å². The highest BCUT2D eigenvalue weighted by molar-refractivity contribution is 6.31. The molecule has 1 atom stereocenters. The molecule has 0 aliphatic heterocycles. The molecule has 5 nitrogen and oxygen atoms in total. The lowest BCUT2D eigenvalue weighted by Crippen LogP contribution is -2.37. The summed E-state index contributed by atoms with van der Waals surface area (Å²) >= 11 is 6.17. The number of rotatable bonds is 3. The van der Waals surface area contributed by atoms with E-state index in [1.807, 2.05) is 25.1 Å². The van der Waals surface area contributed by atoms with E-state index in [0.717, 1.165) is 40.2 Å². The molecule has 0 saturated carbocycles. The average Bonchev–Trinajstić information content (AvgIpc) is 3.05. The van der Waals surface area contributed by atoms with Gasteiger partial charge in [-0.15, -0.1) is 0 Å². The molecule has 110 valence electrons. The number of nitrogens with zero attached hydrogens (tertiary/aromatic N) is 1. The van der Waals surface area contributed by atoms with Gasteiger partial charge in [0.2, 0.25) is 0 Å². The molecule has 1 aromatic carbocycles. The highest BCUT2D eigenvalue weighted by Gasteiger charge is 2.25. The molecular formula is C15H16ClN3O2. The van der Waals surface area contributed by atoms with Crippen molar-refractivity contribution in [2.24, 2.45) is 0 Å². The number of benzene rings is 1. The van der Waals surface area contributed by atoms with Crippen LogP contribution < -0.4 is 10.6 Å². The Morgan fingerprint density at radius 2 is 2.38 bits per heavy atom. The van der Waals surface area contributed by atoms with Crippen LogP contribution in [-0.2, 0) is 13.0 Å². The van der Waals surface area contributed by atoms with Crippen LogP contribution in [0, 0.1) is 6.92 Å². The minimum atomic E-state index is -0.201. The normalized spacial score (nSPS) is 16.6. The zero-order valence-electron chi connectivity index (χ0n) is 11.6.